The Labute approximate surface area is 136 Å². The van der Waals surface area contributed by atoms with Gasteiger partial charge in [-0.05, 0) is 42.5 Å². The van der Waals surface area contributed by atoms with Crippen LogP contribution in [-0.2, 0) is 7.05 Å². The maximum atomic E-state index is 4.81. The van der Waals surface area contributed by atoms with E-state index in [-0.39, 0.29) is 0 Å². The van der Waals surface area contributed by atoms with Crippen molar-refractivity contribution < 1.29 is 0 Å². The van der Waals surface area contributed by atoms with Gasteiger partial charge in [0.2, 0.25) is 0 Å². The monoisotopic (exact) mass is 300 g/mol. The van der Waals surface area contributed by atoms with Crippen molar-refractivity contribution in [2.75, 3.05) is 0 Å². The molecule has 0 aliphatic heterocycles. The summed E-state index contributed by atoms with van der Waals surface area (Å²) >= 11 is 0. The molecule has 1 heterocycles. The van der Waals surface area contributed by atoms with Crippen LogP contribution >= 0.6 is 0 Å². The number of imidazole rings is 1. The Morgan fingerprint density at radius 2 is 1.83 bits per heavy atom. The van der Waals surface area contributed by atoms with Gasteiger partial charge in [0.05, 0.1) is 11.0 Å². The predicted octanol–water partition coefficient (Wildman–Crippen LogP) is 5.36. The van der Waals surface area contributed by atoms with Crippen molar-refractivity contribution in [1.29, 1.82) is 0 Å². The third-order valence-electron chi connectivity index (χ3n) is 4.48. The zero-order valence-electron chi connectivity index (χ0n) is 13.4. The maximum Gasteiger partial charge on any atom is 0.140 e. The molecule has 0 N–H and O–H groups in total. The van der Waals surface area contributed by atoms with Gasteiger partial charge in [0, 0.05) is 12.6 Å². The van der Waals surface area contributed by atoms with Crippen molar-refractivity contribution in [2.24, 2.45) is 7.05 Å². The first-order valence-electron chi connectivity index (χ1n) is 8.22. The van der Waals surface area contributed by atoms with E-state index in [2.05, 4.69) is 72.3 Å². The van der Waals surface area contributed by atoms with Gasteiger partial charge in [-0.1, -0.05) is 54.6 Å². The van der Waals surface area contributed by atoms with Crippen molar-refractivity contribution in [1.82, 2.24) is 9.55 Å². The largest absolute Gasteiger partial charge is 0.327 e. The second-order valence-corrected chi connectivity index (χ2v) is 6.06. The Bertz CT molecular complexity index is 898. The first kappa shape index (κ1) is 14.0. The SMILES string of the molecule is Cn1c(-c2ccccc2)nc2ccc(C3=CCCCC=C3)cc21. The fourth-order valence-corrected chi connectivity index (χ4v) is 3.20. The molecule has 0 saturated carbocycles. The summed E-state index contributed by atoms with van der Waals surface area (Å²) in [4.78, 5) is 4.81. The van der Waals surface area contributed by atoms with Crippen LogP contribution in [0.4, 0.5) is 0 Å². The highest BCUT2D eigenvalue weighted by Gasteiger charge is 2.11. The summed E-state index contributed by atoms with van der Waals surface area (Å²) in [6, 6.07) is 17.0. The minimum Gasteiger partial charge on any atom is -0.327 e. The second-order valence-electron chi connectivity index (χ2n) is 6.06. The van der Waals surface area contributed by atoms with Crippen LogP contribution in [0.1, 0.15) is 24.8 Å². The highest BCUT2D eigenvalue weighted by molar-refractivity contribution is 5.86. The van der Waals surface area contributed by atoms with Crippen molar-refractivity contribution in [2.45, 2.75) is 19.3 Å². The number of rotatable bonds is 2. The number of hydrogen-bond acceptors (Lipinski definition) is 1. The molecule has 0 atom stereocenters. The summed E-state index contributed by atoms with van der Waals surface area (Å²) in [5.74, 6) is 1.02. The smallest absolute Gasteiger partial charge is 0.140 e. The van der Waals surface area contributed by atoms with E-state index in [0.717, 1.165) is 23.3 Å². The van der Waals surface area contributed by atoms with Gasteiger partial charge >= 0.3 is 0 Å². The lowest BCUT2D eigenvalue weighted by atomic mass is 10.0. The molecule has 2 nitrogen and oxygen atoms in total. The Morgan fingerprint density at radius 3 is 2.70 bits per heavy atom. The number of allylic oxidation sites excluding steroid dienone is 4. The highest BCUT2D eigenvalue weighted by Crippen LogP contribution is 2.28. The van der Waals surface area contributed by atoms with Gasteiger partial charge < -0.3 is 4.57 Å². The molecule has 23 heavy (non-hydrogen) atoms. The molecule has 1 aliphatic carbocycles. The summed E-state index contributed by atoms with van der Waals surface area (Å²) in [5.41, 5.74) is 5.99. The van der Waals surface area contributed by atoms with Gasteiger partial charge in [0.1, 0.15) is 5.82 Å². The van der Waals surface area contributed by atoms with E-state index in [0.29, 0.717) is 0 Å². The lowest BCUT2D eigenvalue weighted by molar-refractivity contribution is 0.876. The van der Waals surface area contributed by atoms with Crippen molar-refractivity contribution in [3.8, 4) is 11.4 Å². The molecule has 2 heteroatoms. The van der Waals surface area contributed by atoms with Crippen LogP contribution in [0.3, 0.4) is 0 Å². The molecule has 0 spiro atoms. The van der Waals surface area contributed by atoms with Gasteiger partial charge in [-0.25, -0.2) is 4.98 Å². The van der Waals surface area contributed by atoms with Crippen molar-refractivity contribution in [3.63, 3.8) is 0 Å². The molecule has 1 aromatic heterocycles. The molecular weight excluding hydrogens is 280 g/mol. The third-order valence-corrected chi connectivity index (χ3v) is 4.48. The van der Waals surface area contributed by atoms with Crippen LogP contribution in [0.15, 0.2) is 66.8 Å². The topological polar surface area (TPSA) is 17.8 Å². The Balaban J connectivity index is 1.83. The van der Waals surface area contributed by atoms with Gasteiger partial charge in [-0.2, -0.15) is 0 Å². The molecule has 0 radical (unpaired) electrons. The molecule has 114 valence electrons. The number of aryl methyl sites for hydroxylation is 1. The summed E-state index contributed by atoms with van der Waals surface area (Å²) in [7, 11) is 2.10. The van der Waals surface area contributed by atoms with Gasteiger partial charge in [-0.3, -0.25) is 0 Å². The first-order chi connectivity index (χ1) is 11.3. The van der Waals surface area contributed by atoms with Crippen molar-refractivity contribution in [3.05, 3.63) is 72.3 Å². The Kier molecular flexibility index (Phi) is 3.58. The van der Waals surface area contributed by atoms with E-state index < -0.39 is 0 Å². The molecule has 1 aliphatic rings. The van der Waals surface area contributed by atoms with E-state index in [9.17, 15) is 0 Å². The van der Waals surface area contributed by atoms with Crippen LogP contribution < -0.4 is 0 Å². The van der Waals surface area contributed by atoms with E-state index >= 15 is 0 Å². The predicted molar refractivity (Wildman–Crippen MR) is 97.1 cm³/mol. The third kappa shape index (κ3) is 2.61. The fourth-order valence-electron chi connectivity index (χ4n) is 3.20. The molecule has 0 amide bonds. The molecule has 3 aromatic rings. The van der Waals surface area contributed by atoms with E-state index in [4.69, 9.17) is 4.98 Å². The number of hydrogen-bond donors (Lipinski definition) is 0. The molecule has 4 rings (SSSR count). The zero-order valence-corrected chi connectivity index (χ0v) is 13.4. The van der Waals surface area contributed by atoms with Crippen molar-refractivity contribution >= 4 is 16.6 Å². The average molecular weight is 300 g/mol. The van der Waals surface area contributed by atoms with Crippen LogP contribution in [0.25, 0.3) is 28.0 Å². The molecular formula is C21H20N2. The lowest BCUT2D eigenvalue weighted by Gasteiger charge is -2.05. The summed E-state index contributed by atoms with van der Waals surface area (Å²) in [5, 5.41) is 0. The van der Waals surface area contributed by atoms with Crippen LogP contribution in [-0.4, -0.2) is 9.55 Å². The minimum absolute atomic E-state index is 1.02. The van der Waals surface area contributed by atoms with Gasteiger partial charge in [0.25, 0.3) is 0 Å². The fraction of sp³-hybridized carbons (Fsp3) is 0.190. The second kappa shape index (κ2) is 5.88. The number of fused-ring (bicyclic) bond motifs is 1. The quantitative estimate of drug-likeness (QED) is 0.622. The molecule has 0 bridgehead atoms. The summed E-state index contributed by atoms with van der Waals surface area (Å²) in [6.07, 6.45) is 10.4. The van der Waals surface area contributed by atoms with Crippen LogP contribution in [0, 0.1) is 0 Å². The first-order valence-corrected chi connectivity index (χ1v) is 8.22. The molecule has 0 saturated heterocycles. The number of nitrogens with zero attached hydrogens (tertiary/aromatic N) is 2. The number of aromatic nitrogens is 2. The van der Waals surface area contributed by atoms with E-state index in [1.807, 2.05) is 6.07 Å². The van der Waals surface area contributed by atoms with Gasteiger partial charge in [-0.15, -0.1) is 0 Å². The minimum atomic E-state index is 1.02. The Morgan fingerprint density at radius 1 is 0.957 bits per heavy atom. The lowest BCUT2D eigenvalue weighted by Crippen LogP contribution is -1.92. The van der Waals surface area contributed by atoms with E-state index in [1.54, 1.807) is 0 Å². The summed E-state index contributed by atoms with van der Waals surface area (Å²) < 4.78 is 2.19. The standard InChI is InChI=1S/C21H20N2/c1-23-20-15-18(16-9-5-2-3-6-10-16)13-14-19(20)22-21(23)17-11-7-4-8-12-17/h4-5,7-15H,2-3,6H2,1H3. The highest BCUT2D eigenvalue weighted by atomic mass is 15.1. The average Bonchev–Trinajstić information content (AvgIpc) is 2.79. The molecule has 0 fully saturated rings. The molecule has 2 aromatic carbocycles. The van der Waals surface area contributed by atoms with Crippen LogP contribution in [0.2, 0.25) is 0 Å². The van der Waals surface area contributed by atoms with Crippen LogP contribution in [0.5, 0.6) is 0 Å². The zero-order chi connectivity index (χ0) is 15.6. The van der Waals surface area contributed by atoms with E-state index in [1.165, 1.54) is 29.5 Å². The normalized spacial score (nSPS) is 14.7. The van der Waals surface area contributed by atoms with Gasteiger partial charge in [0.15, 0.2) is 0 Å². The number of benzene rings is 2. The Hall–Kier alpha value is -2.61. The molecule has 0 unspecified atom stereocenters. The summed E-state index contributed by atoms with van der Waals surface area (Å²) in [6.45, 7) is 0. The maximum absolute atomic E-state index is 4.81.